The monoisotopic (exact) mass is 281 g/mol. The van der Waals surface area contributed by atoms with Crippen LogP contribution in [0.3, 0.4) is 0 Å². The highest BCUT2D eigenvalue weighted by molar-refractivity contribution is 7.91. The van der Waals surface area contributed by atoms with Gasteiger partial charge < -0.3 is 5.32 Å². The molecule has 0 bridgehead atoms. The molecule has 1 N–H and O–H groups in total. The van der Waals surface area contributed by atoms with E-state index in [0.29, 0.717) is 17.4 Å². The molecule has 1 aliphatic rings. The fourth-order valence-electron chi connectivity index (χ4n) is 2.83. The highest BCUT2D eigenvalue weighted by atomic mass is 32.2. The number of hydrogen-bond donors (Lipinski definition) is 1. The highest BCUT2D eigenvalue weighted by Gasteiger charge is 2.34. The largest absolute Gasteiger partial charge is 0.316 e. The second-order valence-corrected chi connectivity index (χ2v) is 7.61. The van der Waals surface area contributed by atoms with Gasteiger partial charge in [0.15, 0.2) is 9.84 Å². The molecule has 2 rings (SSSR count). The standard InChI is InChI=1S/C15H23NO2S/c1-2-9-16-11-15(13-6-4-3-5-7-13)14-8-10-19(17,18)12-14/h3-7,14-16H,2,8-12H2,1H3. The molecule has 0 aliphatic carbocycles. The zero-order valence-corrected chi connectivity index (χ0v) is 12.3. The maximum absolute atomic E-state index is 11.7. The first-order valence-electron chi connectivity index (χ1n) is 7.08. The summed E-state index contributed by atoms with van der Waals surface area (Å²) in [6, 6.07) is 10.3. The number of hydrogen-bond acceptors (Lipinski definition) is 3. The summed E-state index contributed by atoms with van der Waals surface area (Å²) in [5.41, 5.74) is 1.26. The van der Waals surface area contributed by atoms with Gasteiger partial charge in [0, 0.05) is 12.5 Å². The van der Waals surface area contributed by atoms with E-state index < -0.39 is 9.84 Å². The Kier molecular flexibility index (Phi) is 4.99. The Hall–Kier alpha value is -0.870. The van der Waals surface area contributed by atoms with E-state index in [0.717, 1.165) is 25.9 Å². The summed E-state index contributed by atoms with van der Waals surface area (Å²) >= 11 is 0. The number of sulfone groups is 1. The molecule has 2 atom stereocenters. The van der Waals surface area contributed by atoms with E-state index in [1.54, 1.807) is 0 Å². The maximum atomic E-state index is 11.7. The lowest BCUT2D eigenvalue weighted by Gasteiger charge is -2.23. The zero-order chi connectivity index (χ0) is 13.7. The van der Waals surface area contributed by atoms with Gasteiger partial charge >= 0.3 is 0 Å². The molecule has 0 spiro atoms. The second kappa shape index (κ2) is 6.53. The lowest BCUT2D eigenvalue weighted by Crippen LogP contribution is -2.28. The van der Waals surface area contributed by atoms with Crippen LogP contribution in [-0.2, 0) is 9.84 Å². The molecule has 3 nitrogen and oxygen atoms in total. The van der Waals surface area contributed by atoms with Crippen LogP contribution < -0.4 is 5.32 Å². The molecule has 1 aromatic carbocycles. The summed E-state index contributed by atoms with van der Waals surface area (Å²) < 4.78 is 23.4. The Morgan fingerprint density at radius 2 is 2.05 bits per heavy atom. The molecule has 0 saturated carbocycles. The number of nitrogens with one attached hydrogen (secondary N) is 1. The summed E-state index contributed by atoms with van der Waals surface area (Å²) in [7, 11) is -2.81. The van der Waals surface area contributed by atoms with Gasteiger partial charge in [-0.3, -0.25) is 0 Å². The van der Waals surface area contributed by atoms with E-state index in [1.807, 2.05) is 18.2 Å². The third-order valence-electron chi connectivity index (χ3n) is 3.86. The van der Waals surface area contributed by atoms with E-state index in [2.05, 4.69) is 24.4 Å². The van der Waals surface area contributed by atoms with Gasteiger partial charge in [0.25, 0.3) is 0 Å². The predicted molar refractivity (Wildman–Crippen MR) is 79.1 cm³/mol. The van der Waals surface area contributed by atoms with Crippen LogP contribution in [0.25, 0.3) is 0 Å². The molecule has 2 unspecified atom stereocenters. The Morgan fingerprint density at radius 3 is 2.63 bits per heavy atom. The molecule has 1 aromatic rings. The van der Waals surface area contributed by atoms with E-state index in [-0.39, 0.29) is 5.92 Å². The first kappa shape index (κ1) is 14.5. The molecular formula is C15H23NO2S. The summed E-state index contributed by atoms with van der Waals surface area (Å²) in [5.74, 6) is 1.27. The third-order valence-corrected chi connectivity index (χ3v) is 5.65. The quantitative estimate of drug-likeness (QED) is 0.813. The van der Waals surface area contributed by atoms with Crippen molar-refractivity contribution in [2.24, 2.45) is 5.92 Å². The lowest BCUT2D eigenvalue weighted by molar-refractivity contribution is 0.438. The normalized spacial score (nSPS) is 23.3. The number of rotatable bonds is 6. The summed E-state index contributed by atoms with van der Waals surface area (Å²) in [6.07, 6.45) is 1.90. The van der Waals surface area contributed by atoms with Crippen molar-refractivity contribution in [3.05, 3.63) is 35.9 Å². The average Bonchev–Trinajstić information content (AvgIpc) is 2.76. The van der Waals surface area contributed by atoms with Crippen LogP contribution in [0.2, 0.25) is 0 Å². The molecule has 0 radical (unpaired) electrons. The van der Waals surface area contributed by atoms with Crippen molar-refractivity contribution in [2.45, 2.75) is 25.7 Å². The zero-order valence-electron chi connectivity index (χ0n) is 11.5. The van der Waals surface area contributed by atoms with Crippen molar-refractivity contribution in [1.29, 1.82) is 0 Å². The molecule has 1 saturated heterocycles. The third kappa shape index (κ3) is 4.05. The van der Waals surface area contributed by atoms with Gasteiger partial charge in [-0.15, -0.1) is 0 Å². The SMILES string of the molecule is CCCNCC(c1ccccc1)C1CCS(=O)(=O)C1. The van der Waals surface area contributed by atoms with E-state index in [1.165, 1.54) is 5.56 Å². The topological polar surface area (TPSA) is 46.2 Å². The van der Waals surface area contributed by atoms with Crippen LogP contribution in [0.15, 0.2) is 30.3 Å². The molecule has 19 heavy (non-hydrogen) atoms. The summed E-state index contributed by atoms with van der Waals surface area (Å²) in [5, 5.41) is 3.44. The summed E-state index contributed by atoms with van der Waals surface area (Å²) in [4.78, 5) is 0. The second-order valence-electron chi connectivity index (χ2n) is 5.38. The van der Waals surface area contributed by atoms with Crippen molar-refractivity contribution in [3.63, 3.8) is 0 Å². The van der Waals surface area contributed by atoms with Crippen LogP contribution in [0.4, 0.5) is 0 Å². The maximum Gasteiger partial charge on any atom is 0.150 e. The van der Waals surface area contributed by atoms with Gasteiger partial charge in [0.2, 0.25) is 0 Å². The molecule has 1 fully saturated rings. The molecular weight excluding hydrogens is 258 g/mol. The molecule has 106 valence electrons. The smallest absolute Gasteiger partial charge is 0.150 e. The van der Waals surface area contributed by atoms with Crippen LogP contribution in [0, 0.1) is 5.92 Å². The van der Waals surface area contributed by atoms with Crippen LogP contribution in [0.1, 0.15) is 31.2 Å². The van der Waals surface area contributed by atoms with Crippen molar-refractivity contribution in [2.75, 3.05) is 24.6 Å². The van der Waals surface area contributed by atoms with Gasteiger partial charge in [-0.1, -0.05) is 37.3 Å². The molecule has 1 aliphatic heterocycles. The van der Waals surface area contributed by atoms with Crippen molar-refractivity contribution >= 4 is 9.84 Å². The van der Waals surface area contributed by atoms with Crippen molar-refractivity contribution in [3.8, 4) is 0 Å². The first-order chi connectivity index (χ1) is 9.12. The van der Waals surface area contributed by atoms with E-state index >= 15 is 0 Å². The highest BCUT2D eigenvalue weighted by Crippen LogP contribution is 2.32. The molecule has 4 heteroatoms. The van der Waals surface area contributed by atoms with E-state index in [4.69, 9.17) is 0 Å². The average molecular weight is 281 g/mol. The first-order valence-corrected chi connectivity index (χ1v) is 8.90. The van der Waals surface area contributed by atoms with Crippen LogP contribution in [0.5, 0.6) is 0 Å². The minimum atomic E-state index is -2.81. The van der Waals surface area contributed by atoms with Crippen LogP contribution >= 0.6 is 0 Å². The fraction of sp³-hybridized carbons (Fsp3) is 0.600. The number of benzene rings is 1. The van der Waals surface area contributed by atoms with Gasteiger partial charge in [-0.2, -0.15) is 0 Å². The molecule has 1 heterocycles. The van der Waals surface area contributed by atoms with Gasteiger partial charge in [-0.05, 0) is 30.9 Å². The van der Waals surface area contributed by atoms with Gasteiger partial charge in [0.05, 0.1) is 11.5 Å². The van der Waals surface area contributed by atoms with E-state index in [9.17, 15) is 8.42 Å². The summed E-state index contributed by atoms with van der Waals surface area (Å²) in [6.45, 7) is 4.01. The molecule has 0 aromatic heterocycles. The predicted octanol–water partition coefficient (Wildman–Crippen LogP) is 2.20. The Bertz CT molecular complexity index is 484. The molecule has 0 amide bonds. The van der Waals surface area contributed by atoms with Gasteiger partial charge in [-0.25, -0.2) is 8.42 Å². The lowest BCUT2D eigenvalue weighted by atomic mass is 9.85. The minimum Gasteiger partial charge on any atom is -0.316 e. The Labute approximate surface area is 116 Å². The minimum absolute atomic E-state index is 0.261. The van der Waals surface area contributed by atoms with Crippen LogP contribution in [-0.4, -0.2) is 33.0 Å². The Morgan fingerprint density at radius 1 is 1.32 bits per heavy atom. The van der Waals surface area contributed by atoms with Gasteiger partial charge in [0.1, 0.15) is 0 Å². The van der Waals surface area contributed by atoms with Crippen molar-refractivity contribution < 1.29 is 8.42 Å². The van der Waals surface area contributed by atoms with Crippen molar-refractivity contribution in [1.82, 2.24) is 5.32 Å². The fourth-order valence-corrected chi connectivity index (χ4v) is 4.71. The Balaban J connectivity index is 2.11.